The van der Waals surface area contributed by atoms with Gasteiger partial charge in [0.2, 0.25) is 6.54 Å². The number of H-pyrrole nitrogens is 1. The monoisotopic (exact) mass is 399 g/mol. The Hall–Kier alpha value is -2.66. The first-order valence-corrected chi connectivity index (χ1v) is 10.1. The third-order valence-corrected chi connectivity index (χ3v) is 6.13. The summed E-state index contributed by atoms with van der Waals surface area (Å²) in [7, 11) is 0. The number of halogens is 1. The molecule has 0 spiro atoms. The number of fused-ring (bicyclic) bond motifs is 1. The van der Waals surface area contributed by atoms with Crippen LogP contribution >= 0.6 is 0 Å². The highest BCUT2D eigenvalue weighted by Gasteiger charge is 2.36. The number of anilines is 1. The molecule has 1 saturated heterocycles. The maximum Gasteiger partial charge on any atom is 0.329 e. The van der Waals surface area contributed by atoms with Crippen LogP contribution < -0.4 is 21.5 Å². The zero-order valence-electron chi connectivity index (χ0n) is 16.8. The maximum atomic E-state index is 15.1. The van der Waals surface area contributed by atoms with E-state index in [0.29, 0.717) is 42.9 Å². The minimum Gasteiger partial charge on any atom is -0.368 e. The van der Waals surface area contributed by atoms with Crippen LogP contribution in [0.1, 0.15) is 37.8 Å². The summed E-state index contributed by atoms with van der Waals surface area (Å²) in [6, 6.07) is 1.35. The van der Waals surface area contributed by atoms with Gasteiger partial charge in [-0.1, -0.05) is 6.92 Å². The molecule has 1 aromatic heterocycles. The van der Waals surface area contributed by atoms with Crippen molar-refractivity contribution < 1.29 is 4.39 Å². The molecule has 0 bridgehead atoms. The van der Waals surface area contributed by atoms with Crippen molar-refractivity contribution in [2.45, 2.75) is 39.2 Å². The average Bonchev–Trinajstić information content (AvgIpc) is 3.43. The van der Waals surface area contributed by atoms with Crippen molar-refractivity contribution >= 4 is 16.6 Å². The molecule has 1 saturated carbocycles. The second-order valence-electron chi connectivity index (χ2n) is 8.63. The minimum absolute atomic E-state index is 0.0276. The van der Waals surface area contributed by atoms with Gasteiger partial charge < -0.3 is 15.1 Å². The Morgan fingerprint density at radius 2 is 2.17 bits per heavy atom. The fourth-order valence-electron chi connectivity index (χ4n) is 4.52. The number of hydrogen-bond donors (Lipinski definition) is 2. The van der Waals surface area contributed by atoms with E-state index in [0.717, 1.165) is 25.8 Å². The van der Waals surface area contributed by atoms with Gasteiger partial charge in [-0.05, 0) is 37.7 Å². The van der Waals surface area contributed by atoms with Crippen molar-refractivity contribution in [1.29, 1.82) is 0 Å². The van der Waals surface area contributed by atoms with Gasteiger partial charge >= 0.3 is 5.69 Å². The summed E-state index contributed by atoms with van der Waals surface area (Å²) in [6.45, 7) is 14.1. The van der Waals surface area contributed by atoms with Crippen LogP contribution in [-0.4, -0.2) is 42.3 Å². The summed E-state index contributed by atoms with van der Waals surface area (Å²) in [6.07, 6.45) is 2.69. The van der Waals surface area contributed by atoms with Crippen molar-refractivity contribution in [3.05, 3.63) is 49.7 Å². The molecule has 2 aromatic rings. The lowest BCUT2D eigenvalue weighted by atomic mass is 9.90. The van der Waals surface area contributed by atoms with Crippen molar-refractivity contribution in [2.24, 2.45) is 5.41 Å². The number of rotatable bonds is 6. The smallest absolute Gasteiger partial charge is 0.329 e. The molecule has 2 fully saturated rings. The van der Waals surface area contributed by atoms with Crippen LogP contribution in [0.5, 0.6) is 0 Å². The van der Waals surface area contributed by atoms with Crippen LogP contribution in [0.25, 0.3) is 15.7 Å². The minimum atomic E-state index is -0.536. The second kappa shape index (κ2) is 7.30. The molecule has 1 aromatic carbocycles. The molecule has 4 rings (SSSR count). The first-order chi connectivity index (χ1) is 13.8. The third-order valence-electron chi connectivity index (χ3n) is 6.13. The Bertz CT molecular complexity index is 1110. The van der Waals surface area contributed by atoms with Crippen molar-refractivity contribution in [1.82, 2.24) is 14.9 Å². The topological polar surface area (TPSA) is 74.5 Å². The van der Waals surface area contributed by atoms with Crippen molar-refractivity contribution in [3.8, 4) is 0 Å². The Morgan fingerprint density at radius 1 is 1.41 bits per heavy atom. The van der Waals surface area contributed by atoms with Gasteiger partial charge in [0.1, 0.15) is 5.82 Å². The average molecular weight is 399 g/mol. The highest BCUT2D eigenvalue weighted by Crippen LogP contribution is 2.40. The lowest BCUT2D eigenvalue weighted by molar-refractivity contribution is 0.347. The van der Waals surface area contributed by atoms with Gasteiger partial charge in [0, 0.05) is 31.2 Å². The van der Waals surface area contributed by atoms with E-state index in [4.69, 9.17) is 6.57 Å². The second-order valence-corrected chi connectivity index (χ2v) is 8.63. The van der Waals surface area contributed by atoms with Gasteiger partial charge in [0.25, 0.3) is 5.56 Å². The highest BCUT2D eigenvalue weighted by atomic mass is 19.1. The van der Waals surface area contributed by atoms with Gasteiger partial charge in [-0.2, -0.15) is 0 Å². The van der Waals surface area contributed by atoms with Gasteiger partial charge in [-0.15, -0.1) is 0 Å². The number of aromatic amines is 1. The molecule has 0 radical (unpaired) electrons. The van der Waals surface area contributed by atoms with Crippen molar-refractivity contribution in [2.75, 3.05) is 37.6 Å². The summed E-state index contributed by atoms with van der Waals surface area (Å²) in [5.74, 6) is -0.424. The van der Waals surface area contributed by atoms with Crippen molar-refractivity contribution in [3.63, 3.8) is 0 Å². The van der Waals surface area contributed by atoms with Gasteiger partial charge in [0.15, 0.2) is 0 Å². The van der Waals surface area contributed by atoms with E-state index in [2.05, 4.69) is 22.1 Å². The molecule has 2 heterocycles. The van der Waals surface area contributed by atoms with Gasteiger partial charge in [-0.25, -0.2) is 15.8 Å². The van der Waals surface area contributed by atoms with Crippen LogP contribution in [0.3, 0.4) is 0 Å². The molecular formula is C21H26FN5O2. The Balaban J connectivity index is 1.72. The van der Waals surface area contributed by atoms with Crippen LogP contribution in [0, 0.1) is 24.7 Å². The lowest BCUT2D eigenvalue weighted by Gasteiger charge is -2.27. The third kappa shape index (κ3) is 3.55. The Morgan fingerprint density at radius 3 is 2.86 bits per heavy atom. The summed E-state index contributed by atoms with van der Waals surface area (Å²) >= 11 is 0. The molecule has 7 nitrogen and oxygen atoms in total. The van der Waals surface area contributed by atoms with E-state index < -0.39 is 17.1 Å². The molecule has 154 valence electrons. The maximum absolute atomic E-state index is 15.1. The molecule has 1 aliphatic heterocycles. The van der Waals surface area contributed by atoms with E-state index in [1.54, 1.807) is 4.57 Å². The molecule has 2 aliphatic rings. The van der Waals surface area contributed by atoms with Crippen LogP contribution in [0.15, 0.2) is 15.7 Å². The van der Waals surface area contributed by atoms with Gasteiger partial charge in [-0.3, -0.25) is 14.3 Å². The molecule has 8 heteroatoms. The van der Waals surface area contributed by atoms with E-state index in [-0.39, 0.29) is 16.8 Å². The standard InChI is InChI=1S/C21H26FN5O2/c1-13-17-15(19(28)25-20(29)27(17)14-4-5-14)10-16(22)18(13)26-9-6-21(2,12-26)11-24-8-7-23-3/h10,14,24H,4-9,11-12H2,1-2H3,(H,25,28,29). The predicted octanol–water partition coefficient (Wildman–Crippen LogP) is 2.20. The van der Waals surface area contributed by atoms with Crippen LogP contribution in [0.2, 0.25) is 0 Å². The molecule has 29 heavy (non-hydrogen) atoms. The number of aryl methyl sites for hydroxylation is 1. The Labute approximate surface area is 168 Å². The molecule has 0 amide bonds. The summed E-state index contributed by atoms with van der Waals surface area (Å²) < 4.78 is 16.8. The van der Waals surface area contributed by atoms with E-state index >= 15 is 4.39 Å². The zero-order valence-corrected chi connectivity index (χ0v) is 16.8. The van der Waals surface area contributed by atoms with Gasteiger partial charge in [0.05, 0.1) is 23.1 Å². The molecular weight excluding hydrogens is 373 g/mol. The fraction of sp³-hybridized carbons (Fsp3) is 0.571. The van der Waals surface area contributed by atoms with E-state index in [1.807, 2.05) is 11.8 Å². The van der Waals surface area contributed by atoms with E-state index in [9.17, 15) is 9.59 Å². The molecule has 1 atom stereocenters. The molecule has 1 aliphatic carbocycles. The zero-order chi connectivity index (χ0) is 20.8. The fourth-order valence-corrected chi connectivity index (χ4v) is 4.52. The number of aromatic nitrogens is 2. The SMILES string of the molecule is [C-]#[N+]CCNCC1(C)CCN(c2c(F)cc3c(=O)[nH]c(=O)n(C4CC4)c3c2C)C1. The number of benzene rings is 1. The molecule has 2 N–H and O–H groups in total. The summed E-state index contributed by atoms with van der Waals surface area (Å²) in [4.78, 5) is 32.5. The number of nitrogens with one attached hydrogen (secondary N) is 2. The normalized spacial score (nSPS) is 21.7. The predicted molar refractivity (Wildman–Crippen MR) is 111 cm³/mol. The summed E-state index contributed by atoms with van der Waals surface area (Å²) in [5.41, 5.74) is 0.718. The lowest BCUT2D eigenvalue weighted by Crippen LogP contribution is -2.36. The molecule has 1 unspecified atom stereocenters. The first-order valence-electron chi connectivity index (χ1n) is 10.1. The highest BCUT2D eigenvalue weighted by molar-refractivity contribution is 5.87. The first kappa shape index (κ1) is 19.6. The van der Waals surface area contributed by atoms with E-state index in [1.165, 1.54) is 6.07 Å². The Kier molecular flexibility index (Phi) is 4.95. The van der Waals surface area contributed by atoms with Crippen LogP contribution in [-0.2, 0) is 0 Å². The number of hydrogen-bond acceptors (Lipinski definition) is 4. The summed E-state index contributed by atoms with van der Waals surface area (Å²) in [5, 5.41) is 3.56. The number of nitrogens with zero attached hydrogens (tertiary/aromatic N) is 3. The largest absolute Gasteiger partial charge is 0.368 e. The quantitative estimate of drug-likeness (QED) is 0.577. The van der Waals surface area contributed by atoms with Crippen LogP contribution in [0.4, 0.5) is 10.1 Å².